The SMILES string of the molecule is CS(=O)(=O)c1cnn(CCC(N)=S)c1. The van der Waals surface area contributed by atoms with Crippen LogP contribution in [0, 0.1) is 0 Å². The molecule has 2 N–H and O–H groups in total. The van der Waals surface area contributed by atoms with E-state index in [-0.39, 0.29) is 4.90 Å². The second-order valence-corrected chi connectivity index (χ2v) is 5.47. The Labute approximate surface area is 87.8 Å². The lowest BCUT2D eigenvalue weighted by atomic mass is 10.4. The first-order chi connectivity index (χ1) is 6.39. The smallest absolute Gasteiger partial charge is 0.178 e. The third-order valence-electron chi connectivity index (χ3n) is 1.63. The average molecular weight is 233 g/mol. The normalized spacial score (nSPS) is 11.5. The number of thiocarbonyl (C=S) groups is 1. The van der Waals surface area contributed by atoms with Gasteiger partial charge in [0.2, 0.25) is 0 Å². The molecule has 0 radical (unpaired) electrons. The highest BCUT2D eigenvalue weighted by molar-refractivity contribution is 7.90. The van der Waals surface area contributed by atoms with E-state index >= 15 is 0 Å². The van der Waals surface area contributed by atoms with Gasteiger partial charge in [0.25, 0.3) is 0 Å². The van der Waals surface area contributed by atoms with Gasteiger partial charge in [0, 0.05) is 25.4 Å². The second-order valence-electron chi connectivity index (χ2n) is 2.93. The van der Waals surface area contributed by atoms with Gasteiger partial charge in [0.05, 0.1) is 11.2 Å². The molecule has 0 aliphatic carbocycles. The Morgan fingerprint density at radius 1 is 1.71 bits per heavy atom. The van der Waals surface area contributed by atoms with Crippen LogP contribution in [0.1, 0.15) is 6.42 Å². The molecule has 1 rings (SSSR count). The van der Waals surface area contributed by atoms with Gasteiger partial charge in [-0.25, -0.2) is 8.42 Å². The van der Waals surface area contributed by atoms with Crippen LogP contribution in [0.2, 0.25) is 0 Å². The zero-order valence-electron chi connectivity index (χ0n) is 7.67. The van der Waals surface area contributed by atoms with Crippen molar-refractivity contribution in [1.82, 2.24) is 9.78 Å². The van der Waals surface area contributed by atoms with E-state index in [1.807, 2.05) is 0 Å². The van der Waals surface area contributed by atoms with Gasteiger partial charge in [0.15, 0.2) is 9.84 Å². The highest BCUT2D eigenvalue weighted by Crippen LogP contribution is 2.06. The quantitative estimate of drug-likeness (QED) is 0.738. The van der Waals surface area contributed by atoms with Crippen molar-refractivity contribution in [3.63, 3.8) is 0 Å². The van der Waals surface area contributed by atoms with Crippen LogP contribution in [0.15, 0.2) is 17.3 Å². The molecule has 0 aliphatic heterocycles. The molecule has 0 aliphatic rings. The minimum Gasteiger partial charge on any atom is -0.393 e. The number of rotatable bonds is 4. The van der Waals surface area contributed by atoms with E-state index in [0.29, 0.717) is 18.0 Å². The van der Waals surface area contributed by atoms with Crippen molar-refractivity contribution in [2.75, 3.05) is 6.26 Å². The van der Waals surface area contributed by atoms with Crippen LogP contribution in [0.25, 0.3) is 0 Å². The fraction of sp³-hybridized carbons (Fsp3) is 0.429. The van der Waals surface area contributed by atoms with Gasteiger partial charge < -0.3 is 5.73 Å². The fourth-order valence-corrected chi connectivity index (χ4v) is 1.53. The van der Waals surface area contributed by atoms with Gasteiger partial charge in [-0.15, -0.1) is 0 Å². The van der Waals surface area contributed by atoms with Crippen LogP contribution in [-0.4, -0.2) is 29.4 Å². The van der Waals surface area contributed by atoms with Gasteiger partial charge in [-0.1, -0.05) is 12.2 Å². The van der Waals surface area contributed by atoms with Gasteiger partial charge in [0.1, 0.15) is 4.90 Å². The molecule has 1 heterocycles. The topological polar surface area (TPSA) is 78.0 Å². The maximum absolute atomic E-state index is 11.1. The summed E-state index contributed by atoms with van der Waals surface area (Å²) in [6, 6.07) is 0. The molecule has 1 aromatic rings. The summed E-state index contributed by atoms with van der Waals surface area (Å²) in [6.07, 6.45) is 4.44. The third-order valence-corrected chi connectivity index (χ3v) is 2.90. The molecule has 78 valence electrons. The van der Waals surface area contributed by atoms with Crippen molar-refractivity contribution >= 4 is 27.0 Å². The van der Waals surface area contributed by atoms with Crippen molar-refractivity contribution in [2.24, 2.45) is 5.73 Å². The number of nitrogens with zero attached hydrogens (tertiary/aromatic N) is 2. The third kappa shape index (κ3) is 3.08. The molecule has 0 spiro atoms. The molecule has 0 saturated carbocycles. The number of sulfone groups is 1. The molecule has 0 bridgehead atoms. The number of hydrogen-bond acceptors (Lipinski definition) is 4. The first-order valence-corrected chi connectivity index (χ1v) is 6.20. The van der Waals surface area contributed by atoms with Crippen LogP contribution in [0.3, 0.4) is 0 Å². The molecular formula is C7H11N3O2S2. The van der Waals surface area contributed by atoms with Crippen LogP contribution in [-0.2, 0) is 16.4 Å². The average Bonchev–Trinajstić information content (AvgIpc) is 2.47. The van der Waals surface area contributed by atoms with Gasteiger partial charge in [-0.2, -0.15) is 5.10 Å². The van der Waals surface area contributed by atoms with Gasteiger partial charge >= 0.3 is 0 Å². The lowest BCUT2D eigenvalue weighted by molar-refractivity contribution is 0.600. The number of aryl methyl sites for hydroxylation is 1. The summed E-state index contributed by atoms with van der Waals surface area (Å²) in [4.78, 5) is 0.599. The van der Waals surface area contributed by atoms with Crippen LogP contribution in [0.4, 0.5) is 0 Å². The molecule has 0 fully saturated rings. The highest BCUT2D eigenvalue weighted by atomic mass is 32.2. The molecule has 0 saturated heterocycles. The summed E-state index contributed by atoms with van der Waals surface area (Å²) in [5, 5.41) is 3.88. The first-order valence-electron chi connectivity index (χ1n) is 3.90. The van der Waals surface area contributed by atoms with Gasteiger partial charge in [-0.3, -0.25) is 4.68 Å². The summed E-state index contributed by atoms with van der Waals surface area (Å²) < 4.78 is 23.7. The van der Waals surface area contributed by atoms with Crippen molar-refractivity contribution in [3.05, 3.63) is 12.4 Å². The Morgan fingerprint density at radius 2 is 2.36 bits per heavy atom. The Hall–Kier alpha value is -0.950. The van der Waals surface area contributed by atoms with E-state index < -0.39 is 9.84 Å². The Balaban J connectivity index is 2.74. The molecule has 0 unspecified atom stereocenters. The summed E-state index contributed by atoms with van der Waals surface area (Å²) >= 11 is 4.69. The number of hydrogen-bond donors (Lipinski definition) is 1. The van der Waals surface area contributed by atoms with Crippen molar-refractivity contribution in [3.8, 4) is 0 Å². The summed E-state index contributed by atoms with van der Waals surface area (Å²) in [6.45, 7) is 0.505. The summed E-state index contributed by atoms with van der Waals surface area (Å²) in [5.41, 5.74) is 5.30. The van der Waals surface area contributed by atoms with Crippen LogP contribution < -0.4 is 5.73 Å². The molecule has 7 heteroatoms. The lowest BCUT2D eigenvalue weighted by Crippen LogP contribution is -2.11. The van der Waals surface area contributed by atoms with Crippen molar-refractivity contribution in [2.45, 2.75) is 17.9 Å². The number of nitrogens with two attached hydrogens (primary N) is 1. The second kappa shape index (κ2) is 4.05. The molecule has 0 amide bonds. The molecule has 0 aromatic carbocycles. The van der Waals surface area contributed by atoms with E-state index in [1.165, 1.54) is 17.1 Å². The minimum atomic E-state index is -3.17. The van der Waals surface area contributed by atoms with Crippen molar-refractivity contribution < 1.29 is 8.42 Å². The molecule has 14 heavy (non-hydrogen) atoms. The van der Waals surface area contributed by atoms with Crippen LogP contribution >= 0.6 is 12.2 Å². The lowest BCUT2D eigenvalue weighted by Gasteiger charge is -1.98. The van der Waals surface area contributed by atoms with E-state index in [9.17, 15) is 8.42 Å². The molecule has 0 atom stereocenters. The molecule has 1 aromatic heterocycles. The monoisotopic (exact) mass is 233 g/mol. The van der Waals surface area contributed by atoms with Crippen LogP contribution in [0.5, 0.6) is 0 Å². The Kier molecular flexibility index (Phi) is 3.22. The number of aromatic nitrogens is 2. The van der Waals surface area contributed by atoms with Gasteiger partial charge in [-0.05, 0) is 0 Å². The highest BCUT2D eigenvalue weighted by Gasteiger charge is 2.09. The molecule has 5 nitrogen and oxygen atoms in total. The van der Waals surface area contributed by atoms with E-state index in [2.05, 4.69) is 5.10 Å². The molecular weight excluding hydrogens is 222 g/mol. The summed E-state index contributed by atoms with van der Waals surface area (Å²) in [5.74, 6) is 0. The predicted molar refractivity (Wildman–Crippen MR) is 56.7 cm³/mol. The maximum Gasteiger partial charge on any atom is 0.178 e. The Bertz CT molecular complexity index is 436. The van der Waals surface area contributed by atoms with E-state index in [4.69, 9.17) is 18.0 Å². The maximum atomic E-state index is 11.1. The largest absolute Gasteiger partial charge is 0.393 e. The minimum absolute atomic E-state index is 0.209. The fourth-order valence-electron chi connectivity index (χ4n) is 0.883. The summed E-state index contributed by atoms with van der Waals surface area (Å²) in [7, 11) is -3.17. The predicted octanol–water partition coefficient (Wildman–Crippen LogP) is -0.0372. The van der Waals surface area contributed by atoms with E-state index in [0.717, 1.165) is 6.26 Å². The standard InChI is InChI=1S/C7H11N3O2S2/c1-14(11,12)6-4-9-10(5-6)3-2-7(8)13/h4-5H,2-3H2,1H3,(H2,8,13). The zero-order valence-corrected chi connectivity index (χ0v) is 9.31. The van der Waals surface area contributed by atoms with Crippen molar-refractivity contribution in [1.29, 1.82) is 0 Å². The zero-order chi connectivity index (χ0) is 10.8. The first kappa shape index (κ1) is 11.1. The Morgan fingerprint density at radius 3 is 2.79 bits per heavy atom. The van der Waals surface area contributed by atoms with E-state index in [1.54, 1.807) is 0 Å².